The lowest BCUT2D eigenvalue weighted by atomic mass is 9.68. The van der Waals surface area contributed by atoms with Crippen molar-refractivity contribution >= 4 is 0 Å². The number of hydrogen-bond donors (Lipinski definition) is 0. The van der Waals surface area contributed by atoms with Gasteiger partial charge >= 0.3 is 0 Å². The van der Waals surface area contributed by atoms with Crippen molar-refractivity contribution in [2.24, 2.45) is 17.8 Å². The molecule has 0 N–H and O–H groups in total. The smallest absolute Gasteiger partial charge is 0.0927 e. The van der Waals surface area contributed by atoms with E-state index in [4.69, 9.17) is 9.47 Å². The van der Waals surface area contributed by atoms with E-state index in [0.29, 0.717) is 18.1 Å². The predicted molar refractivity (Wildman–Crippen MR) is 58.4 cm³/mol. The summed E-state index contributed by atoms with van der Waals surface area (Å²) in [6, 6.07) is 0. The van der Waals surface area contributed by atoms with Gasteiger partial charge in [-0.2, -0.15) is 0 Å². The molecule has 84 valence electrons. The second-order valence-corrected chi connectivity index (χ2v) is 5.25. The Kier molecular flexibility index (Phi) is 2.47. The van der Waals surface area contributed by atoms with E-state index >= 15 is 0 Å². The Labute approximate surface area is 91.6 Å². The molecule has 2 saturated heterocycles. The third-order valence-electron chi connectivity index (χ3n) is 4.53. The molecule has 3 rings (SSSR count). The third-order valence-corrected chi connectivity index (χ3v) is 4.53. The fourth-order valence-electron chi connectivity index (χ4n) is 3.94. The standard InChI is InChI=1S/C13H20O2/c1-2-14-8-9-7-12-10-5-3-4-6-11(10)13(9)15-12/h2,9-13H,1,3-8H2. The first-order chi connectivity index (χ1) is 7.40. The van der Waals surface area contributed by atoms with Gasteiger partial charge in [-0.1, -0.05) is 19.4 Å². The summed E-state index contributed by atoms with van der Waals surface area (Å²) in [6.07, 6.45) is 9.45. The first-order valence-corrected chi connectivity index (χ1v) is 6.28. The minimum Gasteiger partial charge on any atom is -0.501 e. The lowest BCUT2D eigenvalue weighted by molar-refractivity contribution is 0.0553. The summed E-state index contributed by atoms with van der Waals surface area (Å²) in [5.74, 6) is 2.35. The van der Waals surface area contributed by atoms with Crippen molar-refractivity contribution in [2.75, 3.05) is 6.61 Å². The molecule has 2 nitrogen and oxygen atoms in total. The quantitative estimate of drug-likeness (QED) is 0.664. The van der Waals surface area contributed by atoms with E-state index in [-0.39, 0.29) is 0 Å². The van der Waals surface area contributed by atoms with Crippen molar-refractivity contribution in [3.05, 3.63) is 12.8 Å². The van der Waals surface area contributed by atoms with Gasteiger partial charge in [-0.05, 0) is 31.1 Å². The zero-order valence-corrected chi connectivity index (χ0v) is 9.23. The average molecular weight is 208 g/mol. The van der Waals surface area contributed by atoms with Crippen LogP contribution in [0.3, 0.4) is 0 Å². The molecule has 0 aromatic rings. The summed E-state index contributed by atoms with van der Waals surface area (Å²) in [5.41, 5.74) is 0. The van der Waals surface area contributed by atoms with E-state index in [1.54, 1.807) is 6.26 Å². The van der Waals surface area contributed by atoms with Gasteiger partial charge in [-0.25, -0.2) is 0 Å². The molecule has 2 bridgehead atoms. The van der Waals surface area contributed by atoms with Crippen LogP contribution in [0.2, 0.25) is 0 Å². The largest absolute Gasteiger partial charge is 0.501 e. The fourth-order valence-corrected chi connectivity index (χ4v) is 3.94. The van der Waals surface area contributed by atoms with Crippen LogP contribution in [-0.4, -0.2) is 18.8 Å². The van der Waals surface area contributed by atoms with Crippen LogP contribution in [0.25, 0.3) is 0 Å². The Morgan fingerprint density at radius 3 is 2.87 bits per heavy atom. The van der Waals surface area contributed by atoms with Crippen LogP contribution in [0.15, 0.2) is 12.8 Å². The summed E-state index contributed by atoms with van der Waals surface area (Å²) in [7, 11) is 0. The Bertz CT molecular complexity index is 251. The molecule has 15 heavy (non-hydrogen) atoms. The number of fused-ring (bicyclic) bond motifs is 5. The number of ether oxygens (including phenoxy) is 2. The summed E-state index contributed by atoms with van der Waals surface area (Å²) < 4.78 is 11.4. The van der Waals surface area contributed by atoms with Crippen molar-refractivity contribution in [1.29, 1.82) is 0 Å². The van der Waals surface area contributed by atoms with Crippen molar-refractivity contribution < 1.29 is 9.47 Å². The third kappa shape index (κ3) is 1.50. The molecule has 3 fully saturated rings. The molecular weight excluding hydrogens is 188 g/mol. The van der Waals surface area contributed by atoms with E-state index in [9.17, 15) is 0 Å². The van der Waals surface area contributed by atoms with Crippen molar-refractivity contribution in [3.63, 3.8) is 0 Å². The van der Waals surface area contributed by atoms with Gasteiger partial charge in [0.2, 0.25) is 0 Å². The maximum absolute atomic E-state index is 6.11. The maximum atomic E-state index is 6.11. The first-order valence-electron chi connectivity index (χ1n) is 6.28. The molecule has 0 aromatic heterocycles. The SMILES string of the molecule is C=COCC1CC2OC1C1CCCCC21. The number of rotatable bonds is 3. The molecule has 1 saturated carbocycles. The first kappa shape index (κ1) is 9.71. The average Bonchev–Trinajstić information content (AvgIpc) is 2.85. The molecule has 5 unspecified atom stereocenters. The van der Waals surface area contributed by atoms with E-state index in [1.165, 1.54) is 32.1 Å². The summed E-state index contributed by atoms with van der Waals surface area (Å²) in [4.78, 5) is 0. The molecule has 0 amide bonds. The molecule has 5 atom stereocenters. The fraction of sp³-hybridized carbons (Fsp3) is 0.846. The van der Waals surface area contributed by atoms with Crippen molar-refractivity contribution in [1.82, 2.24) is 0 Å². The highest BCUT2D eigenvalue weighted by atomic mass is 16.5. The van der Waals surface area contributed by atoms with Gasteiger partial charge in [0.25, 0.3) is 0 Å². The van der Waals surface area contributed by atoms with E-state index in [1.807, 2.05) is 0 Å². The van der Waals surface area contributed by atoms with Gasteiger partial charge in [-0.15, -0.1) is 0 Å². The van der Waals surface area contributed by atoms with Crippen LogP contribution >= 0.6 is 0 Å². The van der Waals surface area contributed by atoms with Gasteiger partial charge in [0, 0.05) is 5.92 Å². The minimum atomic E-state index is 0.500. The van der Waals surface area contributed by atoms with Gasteiger partial charge in [0.05, 0.1) is 25.1 Å². The highest BCUT2D eigenvalue weighted by Crippen LogP contribution is 2.52. The van der Waals surface area contributed by atoms with Crippen molar-refractivity contribution in [3.8, 4) is 0 Å². The van der Waals surface area contributed by atoms with E-state index in [0.717, 1.165) is 18.4 Å². The van der Waals surface area contributed by atoms with E-state index in [2.05, 4.69) is 6.58 Å². The van der Waals surface area contributed by atoms with Gasteiger partial charge in [0.1, 0.15) is 0 Å². The summed E-state index contributed by atoms with van der Waals surface area (Å²) in [5, 5.41) is 0. The highest BCUT2D eigenvalue weighted by molar-refractivity contribution is 5.01. The summed E-state index contributed by atoms with van der Waals surface area (Å²) in [6.45, 7) is 4.42. The van der Waals surface area contributed by atoms with Crippen LogP contribution in [0.1, 0.15) is 32.1 Å². The Balaban J connectivity index is 1.67. The van der Waals surface area contributed by atoms with Crippen LogP contribution < -0.4 is 0 Å². The van der Waals surface area contributed by atoms with E-state index < -0.39 is 0 Å². The second kappa shape index (κ2) is 3.82. The molecule has 0 spiro atoms. The van der Waals surface area contributed by atoms with Crippen molar-refractivity contribution in [2.45, 2.75) is 44.3 Å². The molecule has 2 aliphatic heterocycles. The summed E-state index contributed by atoms with van der Waals surface area (Å²) >= 11 is 0. The zero-order chi connectivity index (χ0) is 10.3. The zero-order valence-electron chi connectivity index (χ0n) is 9.23. The molecule has 2 heteroatoms. The lowest BCUT2D eigenvalue weighted by Gasteiger charge is -2.35. The van der Waals surface area contributed by atoms with Gasteiger partial charge < -0.3 is 9.47 Å². The molecular formula is C13H20O2. The van der Waals surface area contributed by atoms with Crippen LogP contribution in [0.4, 0.5) is 0 Å². The van der Waals surface area contributed by atoms with Gasteiger partial charge in [0.15, 0.2) is 0 Å². The molecule has 0 aromatic carbocycles. The Hall–Kier alpha value is -0.500. The second-order valence-electron chi connectivity index (χ2n) is 5.25. The Morgan fingerprint density at radius 2 is 2.07 bits per heavy atom. The number of hydrogen-bond acceptors (Lipinski definition) is 2. The van der Waals surface area contributed by atoms with Crippen LogP contribution in [-0.2, 0) is 9.47 Å². The highest BCUT2D eigenvalue weighted by Gasteiger charge is 2.54. The molecule has 0 radical (unpaired) electrons. The molecule has 1 aliphatic carbocycles. The van der Waals surface area contributed by atoms with Crippen LogP contribution in [0, 0.1) is 17.8 Å². The molecule has 2 heterocycles. The van der Waals surface area contributed by atoms with Crippen LogP contribution in [0.5, 0.6) is 0 Å². The maximum Gasteiger partial charge on any atom is 0.0927 e. The molecule has 3 aliphatic rings. The normalized spacial score (nSPS) is 47.6. The lowest BCUT2D eigenvalue weighted by Crippen LogP contribution is -2.36. The topological polar surface area (TPSA) is 18.5 Å². The predicted octanol–water partition coefficient (Wildman–Crippen LogP) is 2.74. The minimum absolute atomic E-state index is 0.500. The Morgan fingerprint density at radius 1 is 1.27 bits per heavy atom. The monoisotopic (exact) mass is 208 g/mol. The van der Waals surface area contributed by atoms with Gasteiger partial charge in [-0.3, -0.25) is 0 Å².